The summed E-state index contributed by atoms with van der Waals surface area (Å²) in [4.78, 5) is 25.3. The number of hydrogen-bond donors (Lipinski definition) is 9. The van der Waals surface area contributed by atoms with Gasteiger partial charge in [0, 0.05) is 19.8 Å². The van der Waals surface area contributed by atoms with Crippen molar-refractivity contribution in [3.05, 3.63) is 35.5 Å². The van der Waals surface area contributed by atoms with Crippen molar-refractivity contribution < 1.29 is 79.2 Å². The van der Waals surface area contributed by atoms with E-state index in [9.17, 15) is 55.5 Å². The van der Waals surface area contributed by atoms with Crippen LogP contribution in [-0.2, 0) is 33.3 Å². The summed E-state index contributed by atoms with van der Waals surface area (Å²) in [5.74, 6) is -1.41. The molecule has 16 heteroatoms. The molecule has 320 valence electrons. The Hall–Kier alpha value is -2.32. The molecular weight excluding hydrogens is 724 g/mol. The van der Waals surface area contributed by atoms with E-state index in [1.807, 2.05) is 32.1 Å². The summed E-state index contributed by atoms with van der Waals surface area (Å²) >= 11 is 0. The second-order valence-electron chi connectivity index (χ2n) is 14.5. The molecule has 0 aliphatic carbocycles. The quantitative estimate of drug-likeness (QED) is 0.0317. The molecule has 0 aromatic rings. The van der Waals surface area contributed by atoms with Gasteiger partial charge in [-0.2, -0.15) is 0 Å². The highest BCUT2D eigenvalue weighted by Gasteiger charge is 2.50. The van der Waals surface area contributed by atoms with E-state index in [-0.39, 0.29) is 25.9 Å². The maximum atomic E-state index is 13.0. The molecule has 0 aromatic heterocycles. The molecule has 1 heterocycles. The molecule has 1 aliphatic heterocycles. The molecule has 16 nitrogen and oxygen atoms in total. The van der Waals surface area contributed by atoms with Crippen LogP contribution in [0.2, 0.25) is 0 Å². The van der Waals surface area contributed by atoms with Crippen LogP contribution < -0.4 is 0 Å². The van der Waals surface area contributed by atoms with Crippen LogP contribution in [0.25, 0.3) is 0 Å². The van der Waals surface area contributed by atoms with Gasteiger partial charge in [0.15, 0.2) is 12.4 Å². The summed E-state index contributed by atoms with van der Waals surface area (Å²) in [7, 11) is 0. The third kappa shape index (κ3) is 18.2. The summed E-state index contributed by atoms with van der Waals surface area (Å²) in [5, 5.41) is 92.7. The SMILES string of the molecule is CCCCC/C=C\CCC(=O)O[C@@H]1[C@H](OC(CC(OC(C)=O)C(C)=CCO[C@@H]([C@H](O)[C@H](O)CO)[C@H](O)CO)C(C)(O)CCC=C(C)C)O[C@H](CO)[C@@H](O)[C@@H]1O. The Labute approximate surface area is 325 Å². The maximum absolute atomic E-state index is 13.0. The van der Waals surface area contributed by atoms with Crippen molar-refractivity contribution in [3.63, 3.8) is 0 Å². The fourth-order valence-electron chi connectivity index (χ4n) is 5.89. The van der Waals surface area contributed by atoms with E-state index in [0.717, 1.165) is 31.3 Å². The standard InChI is InChI=1S/C39H68O16/c1-7-8-9-10-11-12-13-16-32(46)55-37-35(49)34(48)30(23-42)53-38(37)54-31(39(6,50)18-14-15-24(2)3)20-29(52-26(5)43)25(4)17-19-51-36(28(45)22-41)33(47)27(44)21-40/h11-12,15,17,27-31,33-38,40-42,44-45,47-50H,7-10,13-14,16,18-23H2,1-6H3/b12-11-,25-17?/t27-,28-,29?,30-,31?,33-,34-,35+,36-,37+,38+,39?/m1/s1. The molecule has 1 saturated heterocycles. The summed E-state index contributed by atoms with van der Waals surface area (Å²) < 4.78 is 28.9. The first-order chi connectivity index (χ1) is 25.9. The van der Waals surface area contributed by atoms with Gasteiger partial charge in [-0.05, 0) is 65.4 Å². The monoisotopic (exact) mass is 792 g/mol. The molecule has 0 bridgehead atoms. The van der Waals surface area contributed by atoms with Crippen molar-refractivity contribution in [3.8, 4) is 0 Å². The Balaban J connectivity index is 3.46. The first-order valence-corrected chi connectivity index (χ1v) is 19.1. The average Bonchev–Trinajstić information content (AvgIpc) is 3.13. The second-order valence-corrected chi connectivity index (χ2v) is 14.5. The predicted molar refractivity (Wildman–Crippen MR) is 200 cm³/mol. The lowest BCUT2D eigenvalue weighted by atomic mass is 9.87. The molecule has 3 unspecified atom stereocenters. The van der Waals surface area contributed by atoms with E-state index in [1.54, 1.807) is 6.92 Å². The largest absolute Gasteiger partial charge is 0.458 e. The summed E-state index contributed by atoms with van der Waals surface area (Å²) in [6.07, 6.45) is -4.97. The molecule has 1 aliphatic rings. The fraction of sp³-hybridized carbons (Fsp3) is 0.795. The number of rotatable bonds is 27. The van der Waals surface area contributed by atoms with Gasteiger partial charge < -0.3 is 69.6 Å². The van der Waals surface area contributed by atoms with Crippen molar-refractivity contribution >= 4 is 11.9 Å². The summed E-state index contributed by atoms with van der Waals surface area (Å²) in [6.45, 7) is 7.41. The summed E-state index contributed by atoms with van der Waals surface area (Å²) in [6, 6.07) is 0. The van der Waals surface area contributed by atoms with Gasteiger partial charge in [-0.3, -0.25) is 9.59 Å². The number of carbonyl (C=O) groups is 2. The molecular formula is C39H68O16. The van der Waals surface area contributed by atoms with Gasteiger partial charge in [0.25, 0.3) is 0 Å². The highest BCUT2D eigenvalue weighted by Crippen LogP contribution is 2.33. The summed E-state index contributed by atoms with van der Waals surface area (Å²) in [5.41, 5.74) is -0.331. The zero-order valence-corrected chi connectivity index (χ0v) is 33.2. The number of aliphatic hydroxyl groups is 9. The van der Waals surface area contributed by atoms with Crippen molar-refractivity contribution in [1.29, 1.82) is 0 Å². The Morgan fingerprint density at radius 3 is 2.13 bits per heavy atom. The molecule has 1 fully saturated rings. The van der Waals surface area contributed by atoms with Crippen LogP contribution in [0.5, 0.6) is 0 Å². The number of allylic oxidation sites excluding steroid dienone is 4. The van der Waals surface area contributed by atoms with Crippen molar-refractivity contribution in [2.45, 2.75) is 172 Å². The van der Waals surface area contributed by atoms with Gasteiger partial charge in [-0.15, -0.1) is 0 Å². The smallest absolute Gasteiger partial charge is 0.306 e. The topological polar surface area (TPSA) is 262 Å². The van der Waals surface area contributed by atoms with Crippen LogP contribution in [0.3, 0.4) is 0 Å². The third-order valence-corrected chi connectivity index (χ3v) is 9.37. The lowest BCUT2D eigenvalue weighted by Crippen LogP contribution is -2.62. The Morgan fingerprint density at radius 1 is 0.891 bits per heavy atom. The maximum Gasteiger partial charge on any atom is 0.306 e. The van der Waals surface area contributed by atoms with E-state index in [1.165, 1.54) is 19.9 Å². The van der Waals surface area contributed by atoms with Crippen LogP contribution in [-0.4, -0.2) is 157 Å². The van der Waals surface area contributed by atoms with E-state index in [0.29, 0.717) is 18.4 Å². The van der Waals surface area contributed by atoms with Crippen LogP contribution in [0.15, 0.2) is 35.5 Å². The molecule has 9 N–H and O–H groups in total. The number of esters is 2. The van der Waals surface area contributed by atoms with Crippen molar-refractivity contribution in [1.82, 2.24) is 0 Å². The third-order valence-electron chi connectivity index (χ3n) is 9.37. The van der Waals surface area contributed by atoms with Gasteiger partial charge in [0.2, 0.25) is 0 Å². The fourth-order valence-corrected chi connectivity index (χ4v) is 5.89. The normalized spacial score (nSPS) is 25.0. The molecule has 12 atom stereocenters. The minimum absolute atomic E-state index is 0.0453. The van der Waals surface area contributed by atoms with Gasteiger partial charge in [0.05, 0.1) is 38.1 Å². The van der Waals surface area contributed by atoms with Gasteiger partial charge >= 0.3 is 11.9 Å². The molecule has 0 saturated carbocycles. The zero-order chi connectivity index (χ0) is 41.7. The zero-order valence-electron chi connectivity index (χ0n) is 33.2. The predicted octanol–water partition coefficient (Wildman–Crippen LogP) is 0.857. The number of aliphatic hydroxyl groups excluding tert-OH is 8. The highest BCUT2D eigenvalue weighted by molar-refractivity contribution is 5.69. The van der Waals surface area contributed by atoms with Crippen LogP contribution in [0.1, 0.15) is 99.3 Å². The van der Waals surface area contributed by atoms with E-state index >= 15 is 0 Å². The first kappa shape index (κ1) is 50.7. The lowest BCUT2D eigenvalue weighted by molar-refractivity contribution is -0.326. The Kier molecular flexibility index (Phi) is 24.5. The molecule has 55 heavy (non-hydrogen) atoms. The molecule has 0 spiro atoms. The Morgan fingerprint density at radius 2 is 1.55 bits per heavy atom. The van der Waals surface area contributed by atoms with Gasteiger partial charge in [0.1, 0.15) is 48.8 Å². The Bertz CT molecular complexity index is 1180. The van der Waals surface area contributed by atoms with Crippen LogP contribution in [0, 0.1) is 0 Å². The second kappa shape index (κ2) is 26.6. The minimum atomic E-state index is -1.76. The van der Waals surface area contributed by atoms with E-state index in [4.69, 9.17) is 23.7 Å². The number of hydrogen-bond acceptors (Lipinski definition) is 16. The number of ether oxygens (including phenoxy) is 5. The first-order valence-electron chi connectivity index (χ1n) is 19.1. The minimum Gasteiger partial charge on any atom is -0.458 e. The van der Waals surface area contributed by atoms with Crippen LogP contribution >= 0.6 is 0 Å². The molecule has 0 radical (unpaired) electrons. The highest BCUT2D eigenvalue weighted by atomic mass is 16.7. The van der Waals surface area contributed by atoms with Gasteiger partial charge in [-0.25, -0.2) is 0 Å². The lowest BCUT2D eigenvalue weighted by Gasteiger charge is -2.44. The van der Waals surface area contributed by atoms with Crippen molar-refractivity contribution in [2.75, 3.05) is 26.4 Å². The van der Waals surface area contributed by atoms with Gasteiger partial charge in [-0.1, -0.05) is 49.6 Å². The molecule has 1 rings (SSSR count). The van der Waals surface area contributed by atoms with E-state index in [2.05, 4.69) is 6.92 Å². The number of unbranched alkanes of at least 4 members (excludes halogenated alkanes) is 3. The molecule has 0 amide bonds. The average molecular weight is 793 g/mol. The van der Waals surface area contributed by atoms with Crippen LogP contribution in [0.4, 0.5) is 0 Å². The number of carbonyl (C=O) groups excluding carboxylic acids is 2. The van der Waals surface area contributed by atoms with Crippen molar-refractivity contribution in [2.24, 2.45) is 0 Å². The van der Waals surface area contributed by atoms with E-state index < -0.39 is 105 Å². The molecule has 0 aromatic carbocycles.